The average molecular weight is 576 g/mol. The van der Waals surface area contributed by atoms with E-state index in [-0.39, 0.29) is 0 Å². The highest BCUT2D eigenvalue weighted by atomic mass is 16.3. The van der Waals surface area contributed by atoms with Gasteiger partial charge in [-0.25, -0.2) is 15.0 Å². The summed E-state index contributed by atoms with van der Waals surface area (Å²) >= 11 is 0. The van der Waals surface area contributed by atoms with Gasteiger partial charge in [0.1, 0.15) is 11.2 Å². The van der Waals surface area contributed by atoms with E-state index in [4.69, 9.17) is 19.4 Å². The van der Waals surface area contributed by atoms with Crippen LogP contribution < -0.4 is 0 Å². The number of fused-ring (bicyclic) bond motifs is 5. The van der Waals surface area contributed by atoms with E-state index in [2.05, 4.69) is 121 Å². The maximum atomic E-state index is 6.09. The minimum Gasteiger partial charge on any atom is -0.456 e. The van der Waals surface area contributed by atoms with Crippen molar-refractivity contribution < 1.29 is 4.42 Å². The van der Waals surface area contributed by atoms with Gasteiger partial charge >= 0.3 is 0 Å². The molecule has 0 radical (unpaired) electrons. The summed E-state index contributed by atoms with van der Waals surface area (Å²) in [6.45, 7) is 0. The van der Waals surface area contributed by atoms with E-state index >= 15 is 0 Å². The molecule has 0 unspecified atom stereocenters. The molecule has 0 saturated heterocycles. The Morgan fingerprint density at radius 1 is 0.311 bits per heavy atom. The summed E-state index contributed by atoms with van der Waals surface area (Å²) in [6, 6.07) is 52.4. The Kier molecular flexibility index (Phi) is 5.78. The van der Waals surface area contributed by atoms with Gasteiger partial charge in [0.05, 0.1) is 0 Å². The highest BCUT2D eigenvalue weighted by Crippen LogP contribution is 2.33. The van der Waals surface area contributed by atoms with Crippen LogP contribution in [0.15, 0.2) is 156 Å². The molecule has 0 amide bonds. The van der Waals surface area contributed by atoms with Crippen molar-refractivity contribution in [2.45, 2.75) is 0 Å². The van der Waals surface area contributed by atoms with Crippen LogP contribution in [0.3, 0.4) is 0 Å². The molecule has 4 nitrogen and oxygen atoms in total. The van der Waals surface area contributed by atoms with Gasteiger partial charge in [-0.3, -0.25) is 0 Å². The Morgan fingerprint density at radius 2 is 0.778 bits per heavy atom. The summed E-state index contributed by atoms with van der Waals surface area (Å²) in [7, 11) is 0. The second-order valence-corrected chi connectivity index (χ2v) is 11.3. The first-order valence-corrected chi connectivity index (χ1v) is 15.0. The van der Waals surface area contributed by atoms with Gasteiger partial charge < -0.3 is 4.42 Å². The van der Waals surface area contributed by atoms with Gasteiger partial charge in [-0.2, -0.15) is 0 Å². The van der Waals surface area contributed by atoms with Crippen LogP contribution in [0, 0.1) is 0 Å². The minimum atomic E-state index is 0.619. The molecule has 9 rings (SSSR count). The van der Waals surface area contributed by atoms with Gasteiger partial charge in [-0.15, -0.1) is 0 Å². The summed E-state index contributed by atoms with van der Waals surface area (Å²) in [6.07, 6.45) is 0. The first-order valence-electron chi connectivity index (χ1n) is 15.0. The number of hydrogen-bond acceptors (Lipinski definition) is 4. The van der Waals surface area contributed by atoms with Gasteiger partial charge in [0.2, 0.25) is 0 Å². The first kappa shape index (κ1) is 25.4. The molecular weight excluding hydrogens is 550 g/mol. The lowest BCUT2D eigenvalue weighted by atomic mass is 10.00. The van der Waals surface area contributed by atoms with Gasteiger partial charge in [0.25, 0.3) is 0 Å². The van der Waals surface area contributed by atoms with Crippen molar-refractivity contribution in [3.8, 4) is 45.3 Å². The molecule has 0 aliphatic rings. The van der Waals surface area contributed by atoms with Crippen molar-refractivity contribution in [3.05, 3.63) is 152 Å². The molecule has 0 N–H and O–H groups in total. The van der Waals surface area contributed by atoms with E-state index in [1.54, 1.807) is 0 Å². The van der Waals surface area contributed by atoms with Gasteiger partial charge in [0.15, 0.2) is 17.5 Å². The summed E-state index contributed by atoms with van der Waals surface area (Å²) in [5.41, 5.74) is 6.81. The van der Waals surface area contributed by atoms with E-state index in [0.717, 1.165) is 49.6 Å². The largest absolute Gasteiger partial charge is 0.456 e. The van der Waals surface area contributed by atoms with E-state index in [0.29, 0.717) is 17.5 Å². The SMILES string of the molecule is c1ccc2cc(-c3ccc(-c4nc(-c5ccc6ccccc6c5)nc(-c5ccc6oc7ccccc7c6c5)n4)cc3)ccc2c1. The van der Waals surface area contributed by atoms with Crippen molar-refractivity contribution in [1.29, 1.82) is 0 Å². The number of hydrogen-bond donors (Lipinski definition) is 0. The number of furan rings is 1. The molecule has 0 bridgehead atoms. The standard InChI is InChI=1S/C41H25N3O/c1-3-9-30-23-32(19-15-26(30)7-1)28-13-17-29(18-14-28)39-42-40(33-20-16-27-8-2-4-10-31(27)24-33)44-41(43-39)34-21-22-38-36(25-34)35-11-5-6-12-37(35)45-38/h1-25H. The van der Waals surface area contributed by atoms with Crippen molar-refractivity contribution in [2.24, 2.45) is 0 Å². The summed E-state index contributed by atoms with van der Waals surface area (Å²) < 4.78 is 6.09. The Labute approximate surface area is 259 Å². The quantitative estimate of drug-likeness (QED) is 0.209. The zero-order chi connectivity index (χ0) is 29.7. The maximum Gasteiger partial charge on any atom is 0.164 e. The number of rotatable bonds is 4. The molecule has 9 aromatic rings. The normalized spacial score (nSPS) is 11.6. The predicted molar refractivity (Wildman–Crippen MR) is 184 cm³/mol. The zero-order valence-electron chi connectivity index (χ0n) is 24.2. The molecule has 0 aliphatic heterocycles. The van der Waals surface area contributed by atoms with Gasteiger partial charge in [-0.1, -0.05) is 115 Å². The van der Waals surface area contributed by atoms with Crippen LogP contribution in [0.5, 0.6) is 0 Å². The lowest BCUT2D eigenvalue weighted by Crippen LogP contribution is -2.00. The van der Waals surface area contributed by atoms with Crippen LogP contribution >= 0.6 is 0 Å². The Balaban J connectivity index is 1.18. The van der Waals surface area contributed by atoms with Crippen molar-refractivity contribution in [2.75, 3.05) is 0 Å². The molecule has 2 aromatic heterocycles. The third-order valence-electron chi connectivity index (χ3n) is 8.50. The monoisotopic (exact) mass is 575 g/mol. The van der Waals surface area contributed by atoms with Crippen LogP contribution in [0.4, 0.5) is 0 Å². The van der Waals surface area contributed by atoms with Crippen LogP contribution in [0.25, 0.3) is 88.8 Å². The van der Waals surface area contributed by atoms with Crippen LogP contribution in [0.1, 0.15) is 0 Å². The highest BCUT2D eigenvalue weighted by molar-refractivity contribution is 6.06. The van der Waals surface area contributed by atoms with Crippen molar-refractivity contribution >= 4 is 43.5 Å². The molecule has 4 heteroatoms. The molecular formula is C41H25N3O. The zero-order valence-corrected chi connectivity index (χ0v) is 24.2. The molecule has 45 heavy (non-hydrogen) atoms. The number of benzene rings is 7. The fraction of sp³-hybridized carbons (Fsp3) is 0. The molecule has 0 spiro atoms. The molecule has 0 aliphatic carbocycles. The second kappa shape index (κ2) is 10.2. The molecule has 0 atom stereocenters. The molecule has 0 fully saturated rings. The average Bonchev–Trinajstić information content (AvgIpc) is 3.49. The van der Waals surface area contributed by atoms with E-state index in [9.17, 15) is 0 Å². The van der Waals surface area contributed by atoms with Gasteiger partial charge in [-0.05, 0) is 69.1 Å². The molecule has 2 heterocycles. The third-order valence-corrected chi connectivity index (χ3v) is 8.50. The molecule has 210 valence electrons. The minimum absolute atomic E-state index is 0.619. The highest BCUT2D eigenvalue weighted by Gasteiger charge is 2.15. The lowest BCUT2D eigenvalue weighted by molar-refractivity contribution is 0.669. The lowest BCUT2D eigenvalue weighted by Gasteiger charge is -2.10. The second-order valence-electron chi connectivity index (χ2n) is 11.3. The Morgan fingerprint density at radius 3 is 1.49 bits per heavy atom. The summed E-state index contributed by atoms with van der Waals surface area (Å²) in [5.74, 6) is 1.89. The predicted octanol–water partition coefficient (Wildman–Crippen LogP) is 10.7. The first-order chi connectivity index (χ1) is 22.2. The molecule has 7 aromatic carbocycles. The smallest absolute Gasteiger partial charge is 0.164 e. The number of nitrogens with zero attached hydrogens (tertiary/aromatic N) is 3. The summed E-state index contributed by atoms with van der Waals surface area (Å²) in [5, 5.41) is 6.89. The fourth-order valence-corrected chi connectivity index (χ4v) is 6.14. The summed E-state index contributed by atoms with van der Waals surface area (Å²) in [4.78, 5) is 15.1. The Hall–Kier alpha value is -6.13. The van der Waals surface area contributed by atoms with Crippen molar-refractivity contribution in [1.82, 2.24) is 15.0 Å². The van der Waals surface area contributed by atoms with Crippen LogP contribution in [0.2, 0.25) is 0 Å². The van der Waals surface area contributed by atoms with Crippen LogP contribution in [-0.2, 0) is 0 Å². The number of aromatic nitrogens is 3. The third kappa shape index (κ3) is 4.52. The molecule has 0 saturated carbocycles. The topological polar surface area (TPSA) is 51.8 Å². The maximum absolute atomic E-state index is 6.09. The Bertz CT molecular complexity index is 2550. The fourth-order valence-electron chi connectivity index (χ4n) is 6.14. The van der Waals surface area contributed by atoms with Crippen LogP contribution in [-0.4, -0.2) is 15.0 Å². The van der Waals surface area contributed by atoms with Gasteiger partial charge in [0, 0.05) is 27.5 Å². The van der Waals surface area contributed by atoms with E-state index in [1.807, 2.05) is 30.3 Å². The number of para-hydroxylation sites is 1. The van der Waals surface area contributed by atoms with E-state index in [1.165, 1.54) is 21.7 Å². The van der Waals surface area contributed by atoms with E-state index < -0.39 is 0 Å². The van der Waals surface area contributed by atoms with Crippen molar-refractivity contribution in [3.63, 3.8) is 0 Å².